The van der Waals surface area contributed by atoms with Crippen LogP contribution in [-0.2, 0) is 28.6 Å². The molecule has 1 saturated carbocycles. The Kier molecular flexibility index (Phi) is 14.6. The third kappa shape index (κ3) is 12.1. The molecule has 3 aliphatic rings. The average molecular weight is 890 g/mol. The van der Waals surface area contributed by atoms with E-state index in [1.165, 1.54) is 5.56 Å². The van der Waals surface area contributed by atoms with Crippen molar-refractivity contribution in [1.82, 2.24) is 35.7 Å². The maximum absolute atomic E-state index is 14.3. The molecule has 3 aromatic carbocycles. The first kappa shape index (κ1) is 46.8. The predicted molar refractivity (Wildman–Crippen MR) is 244 cm³/mol. The summed E-state index contributed by atoms with van der Waals surface area (Å²) in [4.78, 5) is 79.3. The predicted octanol–water partition coefficient (Wildman–Crippen LogP) is 7.64. The van der Waals surface area contributed by atoms with Crippen molar-refractivity contribution in [3.63, 3.8) is 0 Å². The minimum atomic E-state index is -0.987. The quantitative estimate of drug-likeness (QED) is 0.118. The fourth-order valence-electron chi connectivity index (χ4n) is 8.90. The lowest BCUT2D eigenvalue weighted by molar-refractivity contribution is -0.143. The number of morpholine rings is 1. The van der Waals surface area contributed by atoms with Crippen LogP contribution in [-0.4, -0.2) is 99.3 Å². The lowest BCUT2D eigenvalue weighted by atomic mass is 9.81. The van der Waals surface area contributed by atoms with Crippen molar-refractivity contribution in [3.05, 3.63) is 114 Å². The van der Waals surface area contributed by atoms with E-state index in [9.17, 15) is 24.0 Å². The molecular formula is C50H63N7O8. The second kappa shape index (κ2) is 20.3. The Morgan fingerprint density at radius 2 is 1.26 bits per heavy atom. The first-order chi connectivity index (χ1) is 31.0. The molecule has 346 valence electrons. The van der Waals surface area contributed by atoms with Gasteiger partial charge in [0.05, 0.1) is 25.1 Å². The van der Waals surface area contributed by atoms with Crippen LogP contribution in [0.1, 0.15) is 127 Å². The van der Waals surface area contributed by atoms with Crippen LogP contribution in [0, 0.1) is 0 Å². The summed E-state index contributed by atoms with van der Waals surface area (Å²) in [5, 5.41) is 8.81. The van der Waals surface area contributed by atoms with Crippen LogP contribution in [0.25, 0.3) is 11.3 Å². The number of ether oxygens (including phenoxy) is 3. The molecule has 3 fully saturated rings. The van der Waals surface area contributed by atoms with Gasteiger partial charge in [0.2, 0.25) is 5.91 Å². The van der Waals surface area contributed by atoms with Crippen LogP contribution >= 0.6 is 0 Å². The number of nitrogens with zero attached hydrogens (tertiary/aromatic N) is 3. The number of hydrogen-bond donors (Lipinski definition) is 4. The first-order valence-corrected chi connectivity index (χ1v) is 22.8. The molecule has 5 amide bonds. The zero-order chi connectivity index (χ0) is 46.3. The molecular weight excluding hydrogens is 827 g/mol. The van der Waals surface area contributed by atoms with Crippen molar-refractivity contribution in [2.75, 3.05) is 26.3 Å². The summed E-state index contributed by atoms with van der Waals surface area (Å²) in [5.41, 5.74) is 2.76. The number of likely N-dealkylation sites (tertiary alicyclic amines) is 1. The van der Waals surface area contributed by atoms with Crippen molar-refractivity contribution in [1.29, 1.82) is 0 Å². The number of carbonyl (C=O) groups excluding carboxylic acids is 5. The Morgan fingerprint density at radius 3 is 1.82 bits per heavy atom. The van der Waals surface area contributed by atoms with E-state index in [-0.39, 0.29) is 30.4 Å². The fraction of sp³-hybridized carbons (Fsp3) is 0.480. The average Bonchev–Trinajstić information content (AvgIpc) is 3.99. The van der Waals surface area contributed by atoms with E-state index >= 15 is 0 Å². The SMILES string of the molecule is CC(C)(C)OC(=O)NC(C(=O)N1CCCC1C(=O)NC1CCC(c2ccc(-c3cnc(C4COCCN4C(=O)C(NC(=O)OC(C)(C)C)c4ccccc4)[nH]3)cc2)CC1)c1ccccc1. The molecule has 4 N–H and O–H groups in total. The summed E-state index contributed by atoms with van der Waals surface area (Å²) >= 11 is 0. The van der Waals surface area contributed by atoms with Gasteiger partial charge in [-0.15, -0.1) is 0 Å². The molecule has 4 atom stereocenters. The number of carbonyl (C=O) groups is 5. The number of imidazole rings is 1. The van der Waals surface area contributed by atoms with Gasteiger partial charge < -0.3 is 44.9 Å². The van der Waals surface area contributed by atoms with Gasteiger partial charge in [-0.3, -0.25) is 14.4 Å². The largest absolute Gasteiger partial charge is 0.444 e. The molecule has 0 bridgehead atoms. The third-order valence-electron chi connectivity index (χ3n) is 12.0. The first-order valence-electron chi connectivity index (χ1n) is 22.8. The number of nitrogens with one attached hydrogen (secondary N) is 4. The number of rotatable bonds is 11. The van der Waals surface area contributed by atoms with Crippen LogP contribution in [0.4, 0.5) is 9.59 Å². The normalized spacial score (nSPS) is 21.1. The Morgan fingerprint density at radius 1 is 0.708 bits per heavy atom. The highest BCUT2D eigenvalue weighted by Crippen LogP contribution is 2.35. The summed E-state index contributed by atoms with van der Waals surface area (Å²) in [6, 6.07) is 23.5. The number of amides is 5. The molecule has 65 heavy (non-hydrogen) atoms. The van der Waals surface area contributed by atoms with Crippen molar-refractivity contribution in [3.8, 4) is 11.3 Å². The maximum atomic E-state index is 14.3. The highest BCUT2D eigenvalue weighted by Gasteiger charge is 2.40. The fourth-order valence-corrected chi connectivity index (χ4v) is 8.90. The van der Waals surface area contributed by atoms with Gasteiger partial charge in [-0.1, -0.05) is 84.9 Å². The van der Waals surface area contributed by atoms with Gasteiger partial charge in [-0.05, 0) is 108 Å². The second-order valence-corrected chi connectivity index (χ2v) is 19.2. The summed E-state index contributed by atoms with van der Waals surface area (Å²) in [6.07, 6.45) is 5.06. The van der Waals surface area contributed by atoms with Gasteiger partial charge in [0.15, 0.2) is 0 Å². The monoisotopic (exact) mass is 889 g/mol. The number of benzene rings is 3. The molecule has 2 aliphatic heterocycles. The molecule has 15 nitrogen and oxygen atoms in total. The summed E-state index contributed by atoms with van der Waals surface area (Å²) in [7, 11) is 0. The summed E-state index contributed by atoms with van der Waals surface area (Å²) < 4.78 is 16.8. The highest BCUT2D eigenvalue weighted by atomic mass is 16.6. The van der Waals surface area contributed by atoms with Gasteiger partial charge in [0.1, 0.15) is 41.2 Å². The van der Waals surface area contributed by atoms with E-state index < -0.39 is 47.6 Å². The Balaban J connectivity index is 0.946. The van der Waals surface area contributed by atoms with Gasteiger partial charge in [0, 0.05) is 19.1 Å². The highest BCUT2D eigenvalue weighted by molar-refractivity contribution is 5.92. The second-order valence-electron chi connectivity index (χ2n) is 19.2. The van der Waals surface area contributed by atoms with Crippen LogP contribution in [0.15, 0.2) is 91.1 Å². The molecule has 1 aromatic heterocycles. The van der Waals surface area contributed by atoms with Gasteiger partial charge >= 0.3 is 12.2 Å². The van der Waals surface area contributed by atoms with E-state index in [1.54, 1.807) is 69.7 Å². The molecule has 0 spiro atoms. The molecule has 0 radical (unpaired) electrons. The van der Waals surface area contributed by atoms with Crippen LogP contribution in [0.3, 0.4) is 0 Å². The van der Waals surface area contributed by atoms with E-state index in [0.717, 1.165) is 36.9 Å². The molecule has 4 aromatic rings. The molecule has 3 heterocycles. The number of H-pyrrole nitrogens is 1. The minimum Gasteiger partial charge on any atom is -0.444 e. The maximum Gasteiger partial charge on any atom is 0.408 e. The zero-order valence-electron chi connectivity index (χ0n) is 38.3. The molecule has 1 aliphatic carbocycles. The molecule has 4 unspecified atom stereocenters. The Bertz CT molecular complexity index is 2260. The van der Waals surface area contributed by atoms with E-state index in [1.807, 2.05) is 48.5 Å². The molecule has 15 heteroatoms. The lowest BCUT2D eigenvalue weighted by Gasteiger charge is -2.37. The van der Waals surface area contributed by atoms with Crippen LogP contribution < -0.4 is 16.0 Å². The van der Waals surface area contributed by atoms with Crippen molar-refractivity contribution in [2.45, 2.75) is 127 Å². The Labute approximate surface area is 381 Å². The third-order valence-corrected chi connectivity index (χ3v) is 12.0. The number of hydrogen-bond acceptors (Lipinski definition) is 9. The van der Waals surface area contributed by atoms with Crippen LogP contribution in [0.5, 0.6) is 0 Å². The van der Waals surface area contributed by atoms with Gasteiger partial charge in [0.25, 0.3) is 11.8 Å². The summed E-state index contributed by atoms with van der Waals surface area (Å²) in [5.74, 6) is 0.132. The van der Waals surface area contributed by atoms with E-state index in [0.29, 0.717) is 55.4 Å². The Hall–Kier alpha value is -6.22. The topological polar surface area (TPSA) is 184 Å². The molecule has 7 rings (SSSR count). The minimum absolute atomic E-state index is 0.00456. The van der Waals surface area contributed by atoms with Crippen LogP contribution in [0.2, 0.25) is 0 Å². The van der Waals surface area contributed by atoms with Crippen molar-refractivity contribution >= 4 is 29.9 Å². The number of aromatic amines is 1. The van der Waals surface area contributed by atoms with E-state index in [4.69, 9.17) is 19.2 Å². The number of aromatic nitrogens is 2. The molecule has 2 saturated heterocycles. The number of alkyl carbamates (subject to hydrolysis) is 2. The van der Waals surface area contributed by atoms with E-state index in [2.05, 4.69) is 45.2 Å². The smallest absolute Gasteiger partial charge is 0.408 e. The summed E-state index contributed by atoms with van der Waals surface area (Å²) in [6.45, 7) is 12.0. The lowest BCUT2D eigenvalue weighted by Crippen LogP contribution is -2.52. The van der Waals surface area contributed by atoms with Gasteiger partial charge in [-0.2, -0.15) is 0 Å². The van der Waals surface area contributed by atoms with Crippen molar-refractivity contribution in [2.24, 2.45) is 0 Å². The standard InChI is InChI=1S/C50H63N7O8/c1-49(2,3)64-47(61)54-41(35-14-9-7-10-15-35)45(59)56-27-13-18-39(56)44(58)52-37-25-23-33(24-26-37)32-19-21-34(22-20-32)38-30-51-43(53-38)40-31-63-29-28-57(40)46(60)42(36-16-11-8-12-17-36)55-48(62)65-50(4,5)6/h7-12,14-17,19-22,30,33,37,39-42H,13,18,23-29,31H2,1-6H3,(H,51,53)(H,52,58)(H,54,61)(H,55,62). The van der Waals surface area contributed by atoms with Crippen molar-refractivity contribution < 1.29 is 38.2 Å². The van der Waals surface area contributed by atoms with Gasteiger partial charge in [-0.25, -0.2) is 14.6 Å². The zero-order valence-corrected chi connectivity index (χ0v) is 38.3.